The maximum atomic E-state index is 9.56. The number of unbranched alkanes of at least 4 members (excludes halogenated alkanes) is 15. The molecule has 0 saturated carbocycles. The zero-order valence-electron chi connectivity index (χ0n) is 17.6. The van der Waals surface area contributed by atoms with E-state index in [0.717, 1.165) is 0 Å². The van der Waals surface area contributed by atoms with Gasteiger partial charge in [0.15, 0.2) is 0 Å². The summed E-state index contributed by atoms with van der Waals surface area (Å²) in [6, 6.07) is 0. The molecule has 0 saturated heterocycles. The van der Waals surface area contributed by atoms with E-state index in [1.54, 1.807) is 0 Å². The summed E-state index contributed by atoms with van der Waals surface area (Å²) >= 11 is 0. The van der Waals surface area contributed by atoms with Crippen LogP contribution in [0.3, 0.4) is 0 Å². The SMILES string of the molecule is CCCCCCCCCCCCCCCCCC.CCOS(=O)(=O)O.O. The first-order valence-electron chi connectivity index (χ1n) is 10.6. The molecule has 0 aromatic rings. The Kier molecular flexibility index (Phi) is 29.2. The van der Waals surface area contributed by atoms with Crippen LogP contribution in [0.5, 0.6) is 0 Å². The van der Waals surface area contributed by atoms with Gasteiger partial charge in [0, 0.05) is 0 Å². The third kappa shape index (κ3) is 35.0. The maximum absolute atomic E-state index is 9.56. The quantitative estimate of drug-likeness (QED) is 0.231. The molecule has 26 heavy (non-hydrogen) atoms. The molecule has 0 heterocycles. The van der Waals surface area contributed by atoms with Crippen LogP contribution in [0.2, 0.25) is 0 Å². The molecule has 0 aliphatic carbocycles. The van der Waals surface area contributed by atoms with Crippen LogP contribution in [-0.4, -0.2) is 25.1 Å². The van der Waals surface area contributed by atoms with E-state index >= 15 is 0 Å². The topological polar surface area (TPSA) is 95.1 Å². The predicted molar refractivity (Wildman–Crippen MR) is 112 cm³/mol. The van der Waals surface area contributed by atoms with Gasteiger partial charge >= 0.3 is 10.4 Å². The molecule has 0 fully saturated rings. The van der Waals surface area contributed by atoms with Crippen LogP contribution in [0.1, 0.15) is 124 Å². The Labute approximate surface area is 163 Å². The number of rotatable bonds is 17. The lowest BCUT2D eigenvalue weighted by Gasteiger charge is -2.03. The van der Waals surface area contributed by atoms with E-state index in [1.165, 1.54) is 110 Å². The zero-order valence-corrected chi connectivity index (χ0v) is 18.4. The van der Waals surface area contributed by atoms with Crippen LogP contribution >= 0.6 is 0 Å². The average molecular weight is 399 g/mol. The van der Waals surface area contributed by atoms with Crippen LogP contribution in [0.25, 0.3) is 0 Å². The molecular formula is C20H46O5S. The highest BCUT2D eigenvalue weighted by molar-refractivity contribution is 7.80. The monoisotopic (exact) mass is 398 g/mol. The fourth-order valence-corrected chi connectivity index (χ4v) is 3.07. The summed E-state index contributed by atoms with van der Waals surface area (Å²) in [5, 5.41) is 0. The van der Waals surface area contributed by atoms with Crippen LogP contribution in [0.4, 0.5) is 0 Å². The molecular weight excluding hydrogens is 352 g/mol. The normalized spacial score (nSPS) is 10.8. The van der Waals surface area contributed by atoms with Crippen LogP contribution in [0.15, 0.2) is 0 Å². The second-order valence-corrected chi connectivity index (χ2v) is 7.88. The van der Waals surface area contributed by atoms with Crippen molar-refractivity contribution in [2.45, 2.75) is 124 Å². The molecule has 162 valence electrons. The Morgan fingerprint density at radius 3 is 0.923 bits per heavy atom. The molecule has 0 amide bonds. The largest absolute Gasteiger partial charge is 0.412 e. The minimum Gasteiger partial charge on any atom is -0.412 e. The van der Waals surface area contributed by atoms with Crippen molar-refractivity contribution < 1.29 is 22.6 Å². The van der Waals surface area contributed by atoms with Crippen molar-refractivity contribution in [2.24, 2.45) is 0 Å². The van der Waals surface area contributed by atoms with Crippen LogP contribution in [0, 0.1) is 0 Å². The van der Waals surface area contributed by atoms with Gasteiger partial charge in [-0.2, -0.15) is 8.42 Å². The maximum Gasteiger partial charge on any atom is 0.397 e. The minimum absolute atomic E-state index is 0. The average Bonchev–Trinajstić information content (AvgIpc) is 2.55. The fourth-order valence-electron chi connectivity index (χ4n) is 2.77. The summed E-state index contributed by atoms with van der Waals surface area (Å²) in [4.78, 5) is 0. The van der Waals surface area contributed by atoms with Crippen molar-refractivity contribution in [3.8, 4) is 0 Å². The van der Waals surface area contributed by atoms with Gasteiger partial charge in [0.2, 0.25) is 0 Å². The Morgan fingerprint density at radius 1 is 0.577 bits per heavy atom. The predicted octanol–water partition coefficient (Wildman–Crippen LogP) is 6.27. The Bertz CT molecular complexity index is 315. The summed E-state index contributed by atoms with van der Waals surface area (Å²) in [5.41, 5.74) is 0. The Balaban J connectivity index is -0.000000561. The van der Waals surface area contributed by atoms with Crippen molar-refractivity contribution in [3.05, 3.63) is 0 Å². The van der Waals surface area contributed by atoms with Gasteiger partial charge in [0.25, 0.3) is 0 Å². The number of hydrogen-bond donors (Lipinski definition) is 1. The van der Waals surface area contributed by atoms with Gasteiger partial charge in [0.05, 0.1) is 6.61 Å². The first-order valence-corrected chi connectivity index (χ1v) is 12.0. The second kappa shape index (κ2) is 24.8. The third-order valence-corrected chi connectivity index (χ3v) is 4.76. The van der Waals surface area contributed by atoms with E-state index in [1.807, 2.05) is 0 Å². The summed E-state index contributed by atoms with van der Waals surface area (Å²) < 4.78 is 30.7. The Morgan fingerprint density at radius 2 is 0.808 bits per heavy atom. The van der Waals surface area contributed by atoms with Gasteiger partial charge < -0.3 is 5.48 Å². The van der Waals surface area contributed by atoms with Crippen molar-refractivity contribution >= 4 is 10.4 Å². The third-order valence-electron chi connectivity index (χ3n) is 4.22. The van der Waals surface area contributed by atoms with E-state index in [0.29, 0.717) is 0 Å². The van der Waals surface area contributed by atoms with E-state index in [4.69, 9.17) is 4.55 Å². The van der Waals surface area contributed by atoms with Crippen molar-refractivity contribution in [3.63, 3.8) is 0 Å². The lowest BCUT2D eigenvalue weighted by atomic mass is 10.0. The van der Waals surface area contributed by atoms with E-state index in [9.17, 15) is 8.42 Å². The molecule has 6 heteroatoms. The minimum atomic E-state index is -4.17. The van der Waals surface area contributed by atoms with E-state index in [-0.39, 0.29) is 12.1 Å². The highest BCUT2D eigenvalue weighted by Gasteiger charge is 1.98. The van der Waals surface area contributed by atoms with Crippen LogP contribution in [-0.2, 0) is 14.6 Å². The summed E-state index contributed by atoms with van der Waals surface area (Å²) in [6.45, 7) is 6.02. The summed E-state index contributed by atoms with van der Waals surface area (Å²) in [6.07, 6.45) is 23.4. The summed E-state index contributed by atoms with van der Waals surface area (Å²) in [5.74, 6) is 0. The van der Waals surface area contributed by atoms with Gasteiger partial charge in [-0.3, -0.25) is 4.55 Å². The lowest BCUT2D eigenvalue weighted by molar-refractivity contribution is 0.283. The smallest absolute Gasteiger partial charge is 0.397 e. The van der Waals surface area contributed by atoms with Gasteiger partial charge in [-0.15, -0.1) is 0 Å². The van der Waals surface area contributed by atoms with Crippen LogP contribution < -0.4 is 0 Å². The van der Waals surface area contributed by atoms with Crippen molar-refractivity contribution in [1.82, 2.24) is 0 Å². The highest BCUT2D eigenvalue weighted by Crippen LogP contribution is 2.13. The Hall–Kier alpha value is -0.170. The van der Waals surface area contributed by atoms with Gasteiger partial charge in [-0.1, -0.05) is 117 Å². The molecule has 0 spiro atoms. The molecule has 0 aliphatic rings. The van der Waals surface area contributed by atoms with Crippen molar-refractivity contribution in [2.75, 3.05) is 6.61 Å². The second-order valence-electron chi connectivity index (χ2n) is 6.78. The molecule has 3 N–H and O–H groups in total. The zero-order chi connectivity index (χ0) is 19.2. The molecule has 0 aromatic carbocycles. The number of hydrogen-bond acceptors (Lipinski definition) is 3. The molecule has 0 rings (SSSR count). The highest BCUT2D eigenvalue weighted by atomic mass is 32.3. The first-order chi connectivity index (χ1) is 12.0. The van der Waals surface area contributed by atoms with Gasteiger partial charge in [-0.25, -0.2) is 4.18 Å². The van der Waals surface area contributed by atoms with Gasteiger partial charge in [0.1, 0.15) is 0 Å². The molecule has 0 bridgehead atoms. The first kappa shape index (κ1) is 30.6. The van der Waals surface area contributed by atoms with Gasteiger partial charge in [-0.05, 0) is 6.92 Å². The molecule has 0 aromatic heterocycles. The standard InChI is InChI=1S/C18H38.C2H6O4S.H2O/c1-3-5-7-9-11-13-15-17-18-16-14-12-10-8-6-4-2;1-2-6-7(3,4)5;/h3-18H2,1-2H3;2H2,1H3,(H,3,4,5);1H2. The van der Waals surface area contributed by atoms with E-state index in [2.05, 4.69) is 18.0 Å². The molecule has 0 atom stereocenters. The lowest BCUT2D eigenvalue weighted by Crippen LogP contribution is -2.01. The molecule has 5 nitrogen and oxygen atoms in total. The molecule has 0 aliphatic heterocycles. The molecule has 0 unspecified atom stereocenters. The fraction of sp³-hybridized carbons (Fsp3) is 1.00. The van der Waals surface area contributed by atoms with E-state index < -0.39 is 10.4 Å². The molecule has 0 radical (unpaired) electrons. The summed E-state index contributed by atoms with van der Waals surface area (Å²) in [7, 11) is -4.17. The van der Waals surface area contributed by atoms with Crippen molar-refractivity contribution in [1.29, 1.82) is 0 Å².